The molecule has 19 heavy (non-hydrogen) atoms. The molecular formula is C17H22O2. The molecule has 3 rings (SSSR count). The molecule has 0 unspecified atom stereocenters. The third-order valence-corrected chi connectivity index (χ3v) is 4.47. The van der Waals surface area contributed by atoms with Gasteiger partial charge < -0.3 is 4.74 Å². The molecule has 0 spiro atoms. The van der Waals surface area contributed by atoms with Crippen LogP contribution in [0.15, 0.2) is 24.3 Å². The fourth-order valence-corrected chi connectivity index (χ4v) is 3.32. The molecule has 1 aromatic rings. The number of Topliss-reactive ketones (excluding diaryl/α,β-unsaturated/α-hetero) is 1. The topological polar surface area (TPSA) is 26.3 Å². The molecule has 0 heterocycles. The highest BCUT2D eigenvalue weighted by atomic mass is 16.5. The number of benzene rings is 1. The second-order valence-corrected chi connectivity index (χ2v) is 5.89. The average Bonchev–Trinajstić information content (AvgIpc) is 3.12. The molecule has 2 aliphatic carbocycles. The maximum Gasteiger partial charge on any atom is 0.165 e. The highest BCUT2D eigenvalue weighted by Crippen LogP contribution is 2.29. The standard InChI is InChI=1S/C17H22O2/c18-17(13-5-1-2-6-13)14-9-11-16(12-10-14)19-15-7-3-4-8-15/h9-13,15H,1-8H2. The van der Waals surface area contributed by atoms with Gasteiger partial charge in [-0.15, -0.1) is 0 Å². The predicted octanol–water partition coefficient (Wildman–Crippen LogP) is 4.38. The quantitative estimate of drug-likeness (QED) is 0.749. The van der Waals surface area contributed by atoms with E-state index in [1.165, 1.54) is 38.5 Å². The fourth-order valence-electron chi connectivity index (χ4n) is 3.32. The number of ether oxygens (including phenoxy) is 1. The second kappa shape index (κ2) is 5.77. The third-order valence-electron chi connectivity index (χ3n) is 4.47. The normalized spacial score (nSPS) is 20.8. The average molecular weight is 258 g/mol. The van der Waals surface area contributed by atoms with E-state index >= 15 is 0 Å². The van der Waals surface area contributed by atoms with E-state index in [-0.39, 0.29) is 5.92 Å². The summed E-state index contributed by atoms with van der Waals surface area (Å²) in [7, 11) is 0. The Labute approximate surface area is 115 Å². The molecular weight excluding hydrogens is 236 g/mol. The first kappa shape index (κ1) is 12.7. The lowest BCUT2D eigenvalue weighted by atomic mass is 9.96. The highest BCUT2D eigenvalue weighted by molar-refractivity contribution is 5.98. The van der Waals surface area contributed by atoms with E-state index in [4.69, 9.17) is 4.74 Å². The Morgan fingerprint density at radius 1 is 0.895 bits per heavy atom. The van der Waals surface area contributed by atoms with Crippen LogP contribution in [0.2, 0.25) is 0 Å². The van der Waals surface area contributed by atoms with Gasteiger partial charge in [0.1, 0.15) is 5.75 Å². The van der Waals surface area contributed by atoms with E-state index in [1.54, 1.807) is 0 Å². The minimum Gasteiger partial charge on any atom is -0.490 e. The predicted molar refractivity (Wildman–Crippen MR) is 75.6 cm³/mol. The summed E-state index contributed by atoms with van der Waals surface area (Å²) in [5, 5.41) is 0. The van der Waals surface area contributed by atoms with E-state index in [2.05, 4.69) is 0 Å². The summed E-state index contributed by atoms with van der Waals surface area (Å²) >= 11 is 0. The minimum atomic E-state index is 0.265. The molecule has 0 atom stereocenters. The summed E-state index contributed by atoms with van der Waals surface area (Å²) < 4.78 is 5.92. The van der Waals surface area contributed by atoms with Crippen molar-refractivity contribution in [3.63, 3.8) is 0 Å². The molecule has 102 valence electrons. The van der Waals surface area contributed by atoms with Crippen LogP contribution < -0.4 is 4.74 Å². The summed E-state index contributed by atoms with van der Waals surface area (Å²) in [6.45, 7) is 0. The molecule has 2 heteroatoms. The van der Waals surface area contributed by atoms with E-state index in [0.717, 1.165) is 24.2 Å². The molecule has 0 amide bonds. The van der Waals surface area contributed by atoms with Crippen molar-refractivity contribution in [1.29, 1.82) is 0 Å². The Morgan fingerprint density at radius 3 is 2.11 bits per heavy atom. The van der Waals surface area contributed by atoms with Crippen LogP contribution in [0, 0.1) is 5.92 Å². The van der Waals surface area contributed by atoms with Crippen LogP contribution in [0.25, 0.3) is 0 Å². The van der Waals surface area contributed by atoms with E-state index < -0.39 is 0 Å². The zero-order chi connectivity index (χ0) is 13.1. The van der Waals surface area contributed by atoms with Gasteiger partial charge in [-0.1, -0.05) is 12.8 Å². The Morgan fingerprint density at radius 2 is 1.47 bits per heavy atom. The van der Waals surface area contributed by atoms with Crippen LogP contribution in [-0.4, -0.2) is 11.9 Å². The molecule has 0 N–H and O–H groups in total. The van der Waals surface area contributed by atoms with Gasteiger partial charge in [-0.3, -0.25) is 4.79 Å². The number of carbonyl (C=O) groups excluding carboxylic acids is 1. The lowest BCUT2D eigenvalue weighted by molar-refractivity contribution is 0.0923. The Balaban J connectivity index is 1.62. The summed E-state index contributed by atoms with van der Waals surface area (Å²) in [6.07, 6.45) is 9.84. The maximum atomic E-state index is 12.3. The lowest BCUT2D eigenvalue weighted by Gasteiger charge is -2.13. The van der Waals surface area contributed by atoms with Gasteiger partial charge in [0.2, 0.25) is 0 Å². The zero-order valence-electron chi connectivity index (χ0n) is 11.4. The van der Waals surface area contributed by atoms with Crippen molar-refractivity contribution in [2.75, 3.05) is 0 Å². The number of carbonyl (C=O) groups is 1. The van der Waals surface area contributed by atoms with Crippen molar-refractivity contribution >= 4 is 5.78 Å². The number of hydrogen-bond acceptors (Lipinski definition) is 2. The van der Waals surface area contributed by atoms with Crippen LogP contribution in [0.1, 0.15) is 61.7 Å². The van der Waals surface area contributed by atoms with E-state index in [9.17, 15) is 4.79 Å². The first-order valence-corrected chi connectivity index (χ1v) is 7.64. The van der Waals surface area contributed by atoms with Crippen molar-refractivity contribution in [2.45, 2.75) is 57.5 Å². The first-order chi connectivity index (χ1) is 9.33. The molecule has 0 radical (unpaired) electrons. The number of rotatable bonds is 4. The molecule has 2 aliphatic rings. The highest BCUT2D eigenvalue weighted by Gasteiger charge is 2.23. The second-order valence-electron chi connectivity index (χ2n) is 5.89. The van der Waals surface area contributed by atoms with Crippen molar-refractivity contribution < 1.29 is 9.53 Å². The van der Waals surface area contributed by atoms with Crippen molar-refractivity contribution in [3.05, 3.63) is 29.8 Å². The van der Waals surface area contributed by atoms with Crippen molar-refractivity contribution in [2.24, 2.45) is 5.92 Å². The van der Waals surface area contributed by atoms with E-state index in [1.807, 2.05) is 24.3 Å². The summed E-state index contributed by atoms with van der Waals surface area (Å²) in [6, 6.07) is 7.79. The molecule has 2 nitrogen and oxygen atoms in total. The third kappa shape index (κ3) is 2.99. The van der Waals surface area contributed by atoms with Crippen LogP contribution >= 0.6 is 0 Å². The first-order valence-electron chi connectivity index (χ1n) is 7.64. The Hall–Kier alpha value is -1.31. The molecule has 0 bridgehead atoms. The Bertz CT molecular complexity index is 423. The van der Waals surface area contributed by atoms with E-state index in [0.29, 0.717) is 11.9 Å². The van der Waals surface area contributed by atoms with Crippen molar-refractivity contribution in [3.8, 4) is 5.75 Å². The summed E-state index contributed by atoms with van der Waals surface area (Å²) in [5.41, 5.74) is 0.852. The van der Waals surface area contributed by atoms with Crippen LogP contribution in [0.5, 0.6) is 5.75 Å². The summed E-state index contributed by atoms with van der Waals surface area (Å²) in [4.78, 5) is 12.3. The molecule has 0 aliphatic heterocycles. The van der Waals surface area contributed by atoms with Gasteiger partial charge in [-0.25, -0.2) is 0 Å². The lowest BCUT2D eigenvalue weighted by Crippen LogP contribution is -2.12. The molecule has 2 saturated carbocycles. The maximum absolute atomic E-state index is 12.3. The largest absolute Gasteiger partial charge is 0.490 e. The molecule has 1 aromatic carbocycles. The van der Waals surface area contributed by atoms with Crippen LogP contribution in [0.3, 0.4) is 0 Å². The number of hydrogen-bond donors (Lipinski definition) is 0. The minimum absolute atomic E-state index is 0.265. The monoisotopic (exact) mass is 258 g/mol. The van der Waals surface area contributed by atoms with Gasteiger partial charge in [-0.2, -0.15) is 0 Å². The van der Waals surface area contributed by atoms with Gasteiger partial charge in [0, 0.05) is 11.5 Å². The van der Waals surface area contributed by atoms with Gasteiger partial charge >= 0.3 is 0 Å². The molecule has 0 saturated heterocycles. The van der Waals surface area contributed by atoms with Crippen LogP contribution in [0.4, 0.5) is 0 Å². The zero-order valence-corrected chi connectivity index (χ0v) is 11.4. The fraction of sp³-hybridized carbons (Fsp3) is 0.588. The van der Waals surface area contributed by atoms with Gasteiger partial charge in [0.15, 0.2) is 5.78 Å². The number of ketones is 1. The van der Waals surface area contributed by atoms with Gasteiger partial charge in [0.25, 0.3) is 0 Å². The smallest absolute Gasteiger partial charge is 0.165 e. The Kier molecular flexibility index (Phi) is 3.86. The molecule has 2 fully saturated rings. The van der Waals surface area contributed by atoms with Gasteiger partial charge in [0.05, 0.1) is 6.10 Å². The molecule has 0 aromatic heterocycles. The summed E-state index contributed by atoms with van der Waals surface area (Å²) in [5.74, 6) is 1.50. The van der Waals surface area contributed by atoms with Crippen LogP contribution in [-0.2, 0) is 0 Å². The van der Waals surface area contributed by atoms with Gasteiger partial charge in [-0.05, 0) is 62.8 Å². The van der Waals surface area contributed by atoms with Crippen molar-refractivity contribution in [1.82, 2.24) is 0 Å². The SMILES string of the molecule is O=C(c1ccc(OC2CCCC2)cc1)C1CCCC1.